The van der Waals surface area contributed by atoms with Crippen LogP contribution >= 0.6 is 0 Å². The molecule has 0 aliphatic carbocycles. The van der Waals surface area contributed by atoms with Crippen molar-refractivity contribution in [3.05, 3.63) is 36.2 Å². The molecule has 1 fully saturated rings. The number of benzene rings is 1. The van der Waals surface area contributed by atoms with E-state index in [0.29, 0.717) is 6.42 Å². The summed E-state index contributed by atoms with van der Waals surface area (Å²) in [4.78, 5) is 9.90. The summed E-state index contributed by atoms with van der Waals surface area (Å²) in [5, 5.41) is 3.06. The molecule has 3 nitrogen and oxygen atoms in total. The Bertz CT molecular complexity index is 266. The zero-order chi connectivity index (χ0) is 10.2. The predicted molar refractivity (Wildman–Crippen MR) is 57.4 cm³/mol. The molecule has 1 aliphatic heterocycles. The molecule has 0 spiro atoms. The Balaban J connectivity index is 0.000000331. The van der Waals surface area contributed by atoms with E-state index in [0.717, 1.165) is 24.3 Å². The van der Waals surface area contributed by atoms with Crippen molar-refractivity contribution in [2.24, 2.45) is 0 Å². The van der Waals surface area contributed by atoms with Crippen molar-refractivity contribution in [2.45, 2.75) is 6.42 Å². The molecule has 2 rings (SSSR count). The van der Waals surface area contributed by atoms with Crippen LogP contribution in [0, 0.1) is 37.5 Å². The maximum absolute atomic E-state index is 9.90. The van der Waals surface area contributed by atoms with Gasteiger partial charge in [-0.3, -0.25) is 6.29 Å². The number of rotatable bonds is 2. The molecule has 0 bridgehead atoms. The van der Waals surface area contributed by atoms with Gasteiger partial charge in [-0.15, -0.1) is 19.5 Å². The first-order valence-corrected chi connectivity index (χ1v) is 4.54. The maximum Gasteiger partial charge on any atom is 2.00 e. The first-order chi connectivity index (χ1) is 6.83. The Morgan fingerprint density at radius 3 is 2.13 bits per heavy atom. The van der Waals surface area contributed by atoms with Crippen LogP contribution in [0.5, 0.6) is 0 Å². The molecule has 78 valence electrons. The van der Waals surface area contributed by atoms with E-state index < -0.39 is 0 Å². The summed E-state index contributed by atoms with van der Waals surface area (Å²) in [7, 11) is 0. The van der Waals surface area contributed by atoms with Crippen LogP contribution in [0.3, 0.4) is 0 Å². The van der Waals surface area contributed by atoms with Crippen molar-refractivity contribution in [1.82, 2.24) is 5.32 Å². The van der Waals surface area contributed by atoms with Gasteiger partial charge in [0.1, 0.15) is 0 Å². The fourth-order valence-corrected chi connectivity index (χ4v) is 0.863. The van der Waals surface area contributed by atoms with Crippen LogP contribution in [-0.2, 0) is 11.2 Å². The van der Waals surface area contributed by atoms with E-state index in [2.05, 4.69) is 11.7 Å². The third kappa shape index (κ3) is 6.73. The summed E-state index contributed by atoms with van der Waals surface area (Å²) in [6.07, 6.45) is 4.35. The molecule has 1 aromatic carbocycles. The number of carbonyl (C=O) groups excluding carboxylic acids is 1. The molecule has 1 heterocycles. The van der Waals surface area contributed by atoms with Crippen LogP contribution in [-0.4, -0.2) is 19.4 Å². The van der Waals surface area contributed by atoms with E-state index in [1.807, 2.05) is 18.4 Å². The number of anilines is 1. The summed E-state index contributed by atoms with van der Waals surface area (Å²) in [6.45, 7) is 2.25. The first-order valence-electron chi connectivity index (χ1n) is 4.54. The molecule has 0 saturated carbocycles. The quantitative estimate of drug-likeness (QED) is 0.539. The normalized spacial score (nSPS) is 12.5. The van der Waals surface area contributed by atoms with Crippen molar-refractivity contribution in [3.8, 4) is 0 Å². The average molecular weight is 428 g/mol. The SMILES string of the molecule is Nc1ccc(C[C-]=O)cc1.[CH-]1CNC1.[U+2]. The van der Waals surface area contributed by atoms with Crippen LogP contribution in [0.4, 0.5) is 5.69 Å². The fourth-order valence-electron chi connectivity index (χ4n) is 0.863. The molecule has 4 heteroatoms. The van der Waals surface area contributed by atoms with Gasteiger partial charge in [0.2, 0.25) is 0 Å². The summed E-state index contributed by atoms with van der Waals surface area (Å²) in [5.74, 6) is 0. The van der Waals surface area contributed by atoms with Gasteiger partial charge in [0.15, 0.2) is 0 Å². The van der Waals surface area contributed by atoms with Gasteiger partial charge in [0, 0.05) is 5.69 Å². The molecule has 1 saturated heterocycles. The second kappa shape index (κ2) is 8.97. The number of hydrogen-bond donors (Lipinski definition) is 2. The second-order valence-corrected chi connectivity index (χ2v) is 3.01. The third-order valence-electron chi connectivity index (χ3n) is 1.83. The number of nitrogen functional groups attached to an aromatic ring is 1. The summed E-state index contributed by atoms with van der Waals surface area (Å²) < 4.78 is 0. The molecule has 0 amide bonds. The van der Waals surface area contributed by atoms with Gasteiger partial charge in [0.05, 0.1) is 0 Å². The fraction of sp³-hybridized carbons (Fsp3) is 0.273. The van der Waals surface area contributed by atoms with Crippen LogP contribution in [0.25, 0.3) is 0 Å². The van der Waals surface area contributed by atoms with E-state index in [4.69, 9.17) is 5.73 Å². The monoisotopic (exact) mass is 428 g/mol. The van der Waals surface area contributed by atoms with Crippen LogP contribution in [0.1, 0.15) is 5.56 Å². The van der Waals surface area contributed by atoms with Crippen LogP contribution < -0.4 is 11.1 Å². The first kappa shape index (κ1) is 14.7. The summed E-state index contributed by atoms with van der Waals surface area (Å²) >= 11 is 0. The summed E-state index contributed by atoms with van der Waals surface area (Å²) in [5.41, 5.74) is 7.09. The zero-order valence-corrected chi connectivity index (χ0v) is 12.7. The molecule has 0 radical (unpaired) electrons. The third-order valence-corrected chi connectivity index (χ3v) is 1.83. The van der Waals surface area contributed by atoms with Gasteiger partial charge in [-0.25, -0.2) is 0 Å². The molecule has 3 N–H and O–H groups in total. The van der Waals surface area contributed by atoms with Gasteiger partial charge in [0.25, 0.3) is 0 Å². The average Bonchev–Trinajstić information content (AvgIpc) is 2.06. The van der Waals surface area contributed by atoms with E-state index >= 15 is 0 Å². The topological polar surface area (TPSA) is 55.1 Å². The predicted octanol–water partition coefficient (Wildman–Crippen LogP) is 0.715. The van der Waals surface area contributed by atoms with Crippen molar-refractivity contribution in [1.29, 1.82) is 0 Å². The van der Waals surface area contributed by atoms with E-state index in [1.54, 1.807) is 12.1 Å². The molecule has 1 aromatic rings. The molecule has 1 aliphatic rings. The Morgan fingerprint density at radius 1 is 1.33 bits per heavy atom. The van der Waals surface area contributed by atoms with Gasteiger partial charge in [-0.05, 0) is 12.1 Å². The van der Waals surface area contributed by atoms with Gasteiger partial charge in [-0.1, -0.05) is 17.7 Å². The number of nitrogens with one attached hydrogen (secondary N) is 1. The zero-order valence-electron chi connectivity index (χ0n) is 8.49. The standard InChI is InChI=1S/C8H8NO.C3H6N.U/c9-8-3-1-7(2-4-8)5-6-10;1-2-4-3-1;/h1-4H,5,9H2;1,4H,2-3H2;/q2*-1;+2. The molecule has 0 unspecified atom stereocenters. The molecule has 15 heavy (non-hydrogen) atoms. The van der Waals surface area contributed by atoms with E-state index in [-0.39, 0.29) is 31.1 Å². The molecular weight excluding hydrogens is 414 g/mol. The van der Waals surface area contributed by atoms with Gasteiger partial charge in [-0.2, -0.15) is 0 Å². The molecule has 0 atom stereocenters. The van der Waals surface area contributed by atoms with Crippen molar-refractivity contribution >= 4 is 12.0 Å². The Kier molecular flexibility index (Phi) is 8.79. The van der Waals surface area contributed by atoms with Gasteiger partial charge >= 0.3 is 31.1 Å². The van der Waals surface area contributed by atoms with Crippen LogP contribution in [0.2, 0.25) is 0 Å². The molecule has 0 aromatic heterocycles. The Labute approximate surface area is 114 Å². The molecular formula is C11H14N2OU. The van der Waals surface area contributed by atoms with Crippen molar-refractivity contribution in [3.63, 3.8) is 0 Å². The maximum atomic E-state index is 9.90. The second-order valence-electron chi connectivity index (χ2n) is 3.01. The van der Waals surface area contributed by atoms with Crippen LogP contribution in [0.15, 0.2) is 24.3 Å². The summed E-state index contributed by atoms with van der Waals surface area (Å²) in [6, 6.07) is 7.18. The van der Waals surface area contributed by atoms with E-state index in [9.17, 15) is 4.79 Å². The smallest absolute Gasteiger partial charge is 0.541 e. The minimum absolute atomic E-state index is 0. The number of hydrogen-bond acceptors (Lipinski definition) is 3. The Morgan fingerprint density at radius 2 is 1.80 bits per heavy atom. The van der Waals surface area contributed by atoms with E-state index in [1.165, 1.54) is 0 Å². The van der Waals surface area contributed by atoms with Gasteiger partial charge < -0.3 is 22.3 Å². The minimum Gasteiger partial charge on any atom is -0.541 e. The Hall–Kier alpha value is -0.298. The van der Waals surface area contributed by atoms with Crippen molar-refractivity contribution in [2.75, 3.05) is 18.8 Å². The largest absolute Gasteiger partial charge is 2.00 e. The minimum atomic E-state index is 0. The van der Waals surface area contributed by atoms with Crippen molar-refractivity contribution < 1.29 is 35.9 Å². The number of nitrogens with two attached hydrogens (primary N) is 1.